The molecular formula is C17H20Cl2N4O. The Labute approximate surface area is 152 Å². The number of nitrogens with two attached hydrogens (primary N) is 1. The number of fused-ring (bicyclic) bond motifs is 1. The fraction of sp³-hybridized carbons (Fsp3) is 0.412. The minimum absolute atomic E-state index is 0. The van der Waals surface area contributed by atoms with E-state index in [0.29, 0.717) is 22.4 Å². The van der Waals surface area contributed by atoms with E-state index in [-0.39, 0.29) is 24.4 Å². The van der Waals surface area contributed by atoms with Crippen LogP contribution in [0.4, 0.5) is 0 Å². The third kappa shape index (κ3) is 3.04. The maximum absolute atomic E-state index is 12.7. The molecule has 2 aromatic rings. The average molecular weight is 367 g/mol. The summed E-state index contributed by atoms with van der Waals surface area (Å²) in [6.45, 7) is 1.60. The topological polar surface area (TPSA) is 64.2 Å². The van der Waals surface area contributed by atoms with Crippen molar-refractivity contribution in [2.75, 3.05) is 13.1 Å². The van der Waals surface area contributed by atoms with Gasteiger partial charge in [0.1, 0.15) is 0 Å². The number of nitrogens with zero attached hydrogens (tertiary/aromatic N) is 3. The lowest BCUT2D eigenvalue weighted by Crippen LogP contribution is -2.33. The number of likely N-dealkylation sites (tertiary alicyclic amines) is 1. The number of halogens is 2. The number of carbonyl (C=O) groups is 1. The number of aromatic nitrogens is 2. The van der Waals surface area contributed by atoms with Crippen LogP contribution in [0.25, 0.3) is 5.69 Å². The molecule has 4 rings (SSSR count). The normalized spacial score (nSPS) is 25.4. The third-order valence-corrected chi connectivity index (χ3v) is 5.37. The lowest BCUT2D eigenvalue weighted by molar-refractivity contribution is 0.0779. The van der Waals surface area contributed by atoms with Crippen LogP contribution in [0.2, 0.25) is 5.02 Å². The first-order chi connectivity index (χ1) is 11.1. The van der Waals surface area contributed by atoms with Gasteiger partial charge >= 0.3 is 0 Å². The Balaban J connectivity index is 0.00000169. The Kier molecular flexibility index (Phi) is 4.85. The van der Waals surface area contributed by atoms with E-state index in [4.69, 9.17) is 17.3 Å². The van der Waals surface area contributed by atoms with Crippen molar-refractivity contribution in [1.29, 1.82) is 0 Å². The van der Waals surface area contributed by atoms with Crippen LogP contribution >= 0.6 is 24.0 Å². The first-order valence-electron chi connectivity index (χ1n) is 7.97. The molecule has 1 aromatic heterocycles. The van der Waals surface area contributed by atoms with Gasteiger partial charge < -0.3 is 10.6 Å². The number of carbonyl (C=O) groups excluding carboxylic acids is 1. The maximum atomic E-state index is 12.7. The van der Waals surface area contributed by atoms with Crippen molar-refractivity contribution in [2.24, 2.45) is 17.6 Å². The fourth-order valence-corrected chi connectivity index (χ4v) is 3.95. The Morgan fingerprint density at radius 1 is 1.21 bits per heavy atom. The van der Waals surface area contributed by atoms with E-state index in [1.807, 2.05) is 29.2 Å². The quantitative estimate of drug-likeness (QED) is 0.888. The molecule has 1 amide bonds. The van der Waals surface area contributed by atoms with Crippen molar-refractivity contribution in [2.45, 2.75) is 18.9 Å². The minimum atomic E-state index is 0. The molecular weight excluding hydrogens is 347 g/mol. The van der Waals surface area contributed by atoms with Crippen LogP contribution in [0.3, 0.4) is 0 Å². The monoisotopic (exact) mass is 366 g/mol. The summed E-state index contributed by atoms with van der Waals surface area (Å²) in [5.41, 5.74) is 7.65. The van der Waals surface area contributed by atoms with Crippen LogP contribution < -0.4 is 5.73 Å². The van der Waals surface area contributed by atoms with Gasteiger partial charge in [-0.15, -0.1) is 12.4 Å². The first-order valence-corrected chi connectivity index (χ1v) is 8.35. The van der Waals surface area contributed by atoms with Gasteiger partial charge in [0.2, 0.25) is 0 Å². The van der Waals surface area contributed by atoms with Gasteiger partial charge in [-0.1, -0.05) is 11.6 Å². The molecule has 1 saturated carbocycles. The van der Waals surface area contributed by atoms with Crippen molar-refractivity contribution in [3.8, 4) is 5.69 Å². The summed E-state index contributed by atoms with van der Waals surface area (Å²) in [5.74, 6) is 1.08. The van der Waals surface area contributed by atoms with Crippen molar-refractivity contribution < 1.29 is 4.79 Å². The Hall–Kier alpha value is -1.56. The Morgan fingerprint density at radius 3 is 2.67 bits per heavy atom. The van der Waals surface area contributed by atoms with Gasteiger partial charge in [-0.05, 0) is 48.9 Å². The molecule has 1 aliphatic carbocycles. The van der Waals surface area contributed by atoms with E-state index in [1.54, 1.807) is 17.1 Å². The summed E-state index contributed by atoms with van der Waals surface area (Å²) in [6, 6.07) is 7.62. The van der Waals surface area contributed by atoms with E-state index < -0.39 is 0 Å². The predicted octanol–water partition coefficient (Wildman–Crippen LogP) is 2.76. The van der Waals surface area contributed by atoms with Gasteiger partial charge in [-0.3, -0.25) is 4.79 Å². The SMILES string of the molecule is Cl.NC1CCC2CN(C(=O)c3cnn(-c4ccc(Cl)cc4)c3)CC12. The second kappa shape index (κ2) is 6.75. The number of hydrogen-bond acceptors (Lipinski definition) is 3. The Morgan fingerprint density at radius 2 is 1.96 bits per heavy atom. The van der Waals surface area contributed by atoms with E-state index in [9.17, 15) is 4.79 Å². The zero-order valence-electron chi connectivity index (χ0n) is 13.1. The molecule has 1 saturated heterocycles. The van der Waals surface area contributed by atoms with Crippen LogP contribution in [-0.2, 0) is 0 Å². The van der Waals surface area contributed by atoms with Crippen LogP contribution in [0.15, 0.2) is 36.7 Å². The number of benzene rings is 1. The van der Waals surface area contributed by atoms with Crippen molar-refractivity contribution in [3.05, 3.63) is 47.2 Å². The molecule has 2 heterocycles. The molecule has 0 spiro atoms. The summed E-state index contributed by atoms with van der Waals surface area (Å²) in [6.07, 6.45) is 5.64. The lowest BCUT2D eigenvalue weighted by atomic mass is 9.98. The molecule has 24 heavy (non-hydrogen) atoms. The molecule has 7 heteroatoms. The van der Waals surface area contributed by atoms with Crippen molar-refractivity contribution in [3.63, 3.8) is 0 Å². The molecule has 2 N–H and O–H groups in total. The van der Waals surface area contributed by atoms with Crippen LogP contribution in [-0.4, -0.2) is 39.7 Å². The van der Waals surface area contributed by atoms with Gasteiger partial charge in [0.25, 0.3) is 5.91 Å². The molecule has 0 radical (unpaired) electrons. The molecule has 2 fully saturated rings. The smallest absolute Gasteiger partial charge is 0.257 e. The third-order valence-electron chi connectivity index (χ3n) is 5.12. The molecule has 1 aliphatic heterocycles. The highest BCUT2D eigenvalue weighted by atomic mass is 35.5. The standard InChI is InChI=1S/C17H19ClN4O.ClH/c18-13-2-4-14(5-3-13)22-9-12(7-20-22)17(23)21-8-11-1-6-16(19)15(11)10-21;/h2-5,7,9,11,15-16H,1,6,8,10,19H2;1H. The second-order valence-corrected chi connectivity index (χ2v) is 6.96. The molecule has 1 aromatic carbocycles. The van der Waals surface area contributed by atoms with Gasteiger partial charge in [0, 0.05) is 30.4 Å². The summed E-state index contributed by atoms with van der Waals surface area (Å²) in [5, 5.41) is 4.98. The fourth-order valence-electron chi connectivity index (χ4n) is 3.82. The molecule has 0 bridgehead atoms. The average Bonchev–Trinajstić information content (AvgIpc) is 3.25. The highest BCUT2D eigenvalue weighted by Crippen LogP contribution is 2.37. The van der Waals surface area contributed by atoms with Gasteiger partial charge in [0.05, 0.1) is 17.4 Å². The zero-order chi connectivity index (χ0) is 16.0. The highest BCUT2D eigenvalue weighted by Gasteiger charge is 2.42. The lowest BCUT2D eigenvalue weighted by Gasteiger charge is -2.17. The van der Waals surface area contributed by atoms with Crippen LogP contribution in [0.5, 0.6) is 0 Å². The van der Waals surface area contributed by atoms with E-state index in [2.05, 4.69) is 5.10 Å². The van der Waals surface area contributed by atoms with Crippen molar-refractivity contribution >= 4 is 29.9 Å². The summed E-state index contributed by atoms with van der Waals surface area (Å²) in [7, 11) is 0. The van der Waals surface area contributed by atoms with Gasteiger partial charge in [-0.25, -0.2) is 4.68 Å². The first kappa shape index (κ1) is 17.3. The summed E-state index contributed by atoms with van der Waals surface area (Å²) in [4.78, 5) is 14.6. The molecule has 3 unspecified atom stereocenters. The predicted molar refractivity (Wildman–Crippen MR) is 95.9 cm³/mol. The zero-order valence-corrected chi connectivity index (χ0v) is 14.7. The van der Waals surface area contributed by atoms with E-state index in [1.165, 1.54) is 0 Å². The molecule has 3 atom stereocenters. The largest absolute Gasteiger partial charge is 0.338 e. The molecule has 128 valence electrons. The molecule has 5 nitrogen and oxygen atoms in total. The van der Waals surface area contributed by atoms with Gasteiger partial charge in [-0.2, -0.15) is 5.10 Å². The molecule has 2 aliphatic rings. The maximum Gasteiger partial charge on any atom is 0.257 e. The number of amides is 1. The van der Waals surface area contributed by atoms with E-state index in [0.717, 1.165) is 31.6 Å². The minimum Gasteiger partial charge on any atom is -0.338 e. The number of hydrogen-bond donors (Lipinski definition) is 1. The second-order valence-electron chi connectivity index (χ2n) is 6.53. The van der Waals surface area contributed by atoms with Crippen LogP contribution in [0.1, 0.15) is 23.2 Å². The Bertz CT molecular complexity index is 730. The van der Waals surface area contributed by atoms with Crippen molar-refractivity contribution in [1.82, 2.24) is 14.7 Å². The summed E-state index contributed by atoms with van der Waals surface area (Å²) < 4.78 is 1.70. The van der Waals surface area contributed by atoms with Crippen LogP contribution in [0, 0.1) is 11.8 Å². The highest BCUT2D eigenvalue weighted by molar-refractivity contribution is 6.30. The van der Waals surface area contributed by atoms with Gasteiger partial charge in [0.15, 0.2) is 0 Å². The van der Waals surface area contributed by atoms with E-state index >= 15 is 0 Å². The number of rotatable bonds is 2. The summed E-state index contributed by atoms with van der Waals surface area (Å²) >= 11 is 5.90.